The Hall–Kier alpha value is -3.78. The fourth-order valence-corrected chi connectivity index (χ4v) is 4.41. The van der Waals surface area contributed by atoms with Gasteiger partial charge in [-0.3, -0.25) is 9.36 Å². The highest BCUT2D eigenvalue weighted by molar-refractivity contribution is 7.99. The number of anilines is 1. The van der Waals surface area contributed by atoms with E-state index in [1.807, 2.05) is 47.0 Å². The van der Waals surface area contributed by atoms with Gasteiger partial charge < -0.3 is 14.8 Å². The topological polar surface area (TPSA) is 78.3 Å². The Labute approximate surface area is 215 Å². The van der Waals surface area contributed by atoms with Crippen LogP contribution in [-0.4, -0.2) is 40.6 Å². The monoisotopic (exact) mass is 502 g/mol. The minimum Gasteiger partial charge on any atom is -0.497 e. The van der Waals surface area contributed by atoms with Crippen LogP contribution in [0.1, 0.15) is 26.3 Å². The average molecular weight is 503 g/mol. The third kappa shape index (κ3) is 5.88. The van der Waals surface area contributed by atoms with E-state index < -0.39 is 0 Å². The minimum atomic E-state index is -0.145. The van der Waals surface area contributed by atoms with Crippen LogP contribution >= 0.6 is 11.8 Å². The second-order valence-corrected chi connectivity index (χ2v) is 10.2. The Bertz CT molecular complexity index is 1330. The quantitative estimate of drug-likeness (QED) is 0.299. The Kier molecular flexibility index (Phi) is 7.64. The van der Waals surface area contributed by atoms with E-state index in [2.05, 4.69) is 60.6 Å². The van der Waals surface area contributed by atoms with Gasteiger partial charge in [-0.05, 0) is 47.4 Å². The maximum Gasteiger partial charge on any atom is 0.234 e. The molecule has 0 bridgehead atoms. The van der Waals surface area contributed by atoms with E-state index in [1.165, 1.54) is 17.3 Å². The van der Waals surface area contributed by atoms with Crippen LogP contribution in [0, 0.1) is 0 Å². The number of carbonyl (C=O) groups is 1. The molecule has 36 heavy (non-hydrogen) atoms. The first-order valence-corrected chi connectivity index (χ1v) is 12.5. The van der Waals surface area contributed by atoms with E-state index in [9.17, 15) is 4.79 Å². The Morgan fingerprint density at radius 1 is 0.917 bits per heavy atom. The predicted octanol–water partition coefficient (Wildman–Crippen LogP) is 5.98. The molecule has 1 amide bonds. The molecule has 0 aliphatic heterocycles. The van der Waals surface area contributed by atoms with E-state index in [0.29, 0.717) is 22.4 Å². The Morgan fingerprint density at radius 2 is 1.61 bits per heavy atom. The molecule has 4 aromatic rings. The molecule has 1 heterocycles. The second-order valence-electron chi connectivity index (χ2n) is 9.24. The van der Waals surface area contributed by atoms with Crippen molar-refractivity contribution in [3.05, 3.63) is 78.4 Å². The molecule has 0 spiro atoms. The fraction of sp³-hybridized carbons (Fsp3) is 0.250. The van der Waals surface area contributed by atoms with Crippen LogP contribution in [0.2, 0.25) is 0 Å². The van der Waals surface area contributed by atoms with E-state index in [0.717, 1.165) is 17.0 Å². The van der Waals surface area contributed by atoms with Crippen LogP contribution in [-0.2, 0) is 10.2 Å². The first-order valence-electron chi connectivity index (χ1n) is 11.6. The minimum absolute atomic E-state index is 0.0549. The van der Waals surface area contributed by atoms with Gasteiger partial charge in [0.2, 0.25) is 5.91 Å². The number of methoxy groups -OCH3 is 2. The molecule has 1 aromatic heterocycles. The van der Waals surface area contributed by atoms with Crippen molar-refractivity contribution in [2.24, 2.45) is 0 Å². The van der Waals surface area contributed by atoms with Gasteiger partial charge in [0.15, 0.2) is 11.0 Å². The lowest BCUT2D eigenvalue weighted by molar-refractivity contribution is -0.113. The molecule has 0 unspecified atom stereocenters. The number of hydrogen-bond acceptors (Lipinski definition) is 6. The Morgan fingerprint density at radius 3 is 2.25 bits per heavy atom. The lowest BCUT2D eigenvalue weighted by atomic mass is 9.87. The summed E-state index contributed by atoms with van der Waals surface area (Å²) in [5.74, 6) is 2.18. The molecule has 1 N–H and O–H groups in total. The molecule has 0 fully saturated rings. The summed E-state index contributed by atoms with van der Waals surface area (Å²) in [5.41, 5.74) is 3.80. The third-order valence-corrected chi connectivity index (χ3v) is 6.59. The lowest BCUT2D eigenvalue weighted by Crippen LogP contribution is -2.14. The Balaban J connectivity index is 1.61. The van der Waals surface area contributed by atoms with E-state index in [4.69, 9.17) is 9.47 Å². The highest BCUT2D eigenvalue weighted by atomic mass is 32.2. The van der Waals surface area contributed by atoms with Crippen LogP contribution in [0.5, 0.6) is 11.5 Å². The second kappa shape index (κ2) is 10.9. The normalized spacial score (nSPS) is 11.2. The van der Waals surface area contributed by atoms with Crippen molar-refractivity contribution in [2.45, 2.75) is 31.3 Å². The summed E-state index contributed by atoms with van der Waals surface area (Å²) >= 11 is 1.33. The van der Waals surface area contributed by atoms with Crippen molar-refractivity contribution in [2.75, 3.05) is 25.3 Å². The SMILES string of the molecule is COc1ccc(-n2c(SCC(=O)Nc3cccc(OC)c3)nnc2-c2ccc(C(C)(C)C)cc2)cc1. The van der Waals surface area contributed by atoms with Gasteiger partial charge in [0.1, 0.15) is 11.5 Å². The average Bonchev–Trinajstić information content (AvgIpc) is 3.31. The molecule has 0 saturated heterocycles. The van der Waals surface area contributed by atoms with Crippen molar-refractivity contribution in [1.82, 2.24) is 14.8 Å². The largest absolute Gasteiger partial charge is 0.497 e. The smallest absolute Gasteiger partial charge is 0.234 e. The fourth-order valence-electron chi connectivity index (χ4n) is 3.66. The van der Waals surface area contributed by atoms with Crippen molar-refractivity contribution >= 4 is 23.4 Å². The van der Waals surface area contributed by atoms with Gasteiger partial charge >= 0.3 is 0 Å². The first kappa shape index (κ1) is 25.3. The highest BCUT2D eigenvalue weighted by Gasteiger charge is 2.19. The summed E-state index contributed by atoms with van der Waals surface area (Å²) in [6.07, 6.45) is 0. The summed E-state index contributed by atoms with van der Waals surface area (Å²) in [6.45, 7) is 6.56. The number of nitrogens with one attached hydrogen (secondary N) is 1. The molecule has 0 aliphatic carbocycles. The van der Waals surface area contributed by atoms with Gasteiger partial charge in [-0.1, -0.05) is 62.9 Å². The molecule has 8 heteroatoms. The van der Waals surface area contributed by atoms with Crippen LogP contribution in [0.25, 0.3) is 17.1 Å². The lowest BCUT2D eigenvalue weighted by Gasteiger charge is -2.19. The summed E-state index contributed by atoms with van der Waals surface area (Å²) in [5, 5.41) is 12.5. The van der Waals surface area contributed by atoms with Gasteiger partial charge in [0, 0.05) is 23.0 Å². The molecule has 186 valence electrons. The molecule has 3 aromatic carbocycles. The standard InChI is InChI=1S/C28H30N4O3S/c1-28(2,3)20-11-9-19(10-12-20)26-30-31-27(32(26)22-13-15-23(34-4)16-14-22)36-18-25(33)29-21-7-6-8-24(17-21)35-5/h6-17H,18H2,1-5H3,(H,29,33). The van der Waals surface area contributed by atoms with Crippen molar-refractivity contribution < 1.29 is 14.3 Å². The summed E-state index contributed by atoms with van der Waals surface area (Å²) in [6, 6.07) is 23.3. The zero-order valence-electron chi connectivity index (χ0n) is 21.1. The number of aromatic nitrogens is 3. The van der Waals surface area contributed by atoms with Crippen molar-refractivity contribution in [3.63, 3.8) is 0 Å². The summed E-state index contributed by atoms with van der Waals surface area (Å²) in [4.78, 5) is 12.7. The van der Waals surface area contributed by atoms with Crippen molar-refractivity contribution in [1.29, 1.82) is 0 Å². The molecular weight excluding hydrogens is 472 g/mol. The highest BCUT2D eigenvalue weighted by Crippen LogP contribution is 2.31. The molecule has 7 nitrogen and oxygen atoms in total. The number of nitrogens with zero attached hydrogens (tertiary/aromatic N) is 3. The van der Waals surface area contributed by atoms with E-state index in [-0.39, 0.29) is 17.1 Å². The number of benzene rings is 3. The zero-order chi connectivity index (χ0) is 25.7. The molecule has 4 rings (SSSR count). The zero-order valence-corrected chi connectivity index (χ0v) is 21.9. The van der Waals surface area contributed by atoms with Crippen molar-refractivity contribution in [3.8, 4) is 28.6 Å². The molecular formula is C28H30N4O3S. The van der Waals surface area contributed by atoms with Crippen LogP contribution in [0.15, 0.2) is 78.0 Å². The van der Waals surface area contributed by atoms with E-state index in [1.54, 1.807) is 20.3 Å². The van der Waals surface area contributed by atoms with Gasteiger partial charge in [-0.2, -0.15) is 0 Å². The van der Waals surface area contributed by atoms with Crippen LogP contribution < -0.4 is 14.8 Å². The number of thioether (sulfide) groups is 1. The van der Waals surface area contributed by atoms with Gasteiger partial charge in [-0.15, -0.1) is 10.2 Å². The summed E-state index contributed by atoms with van der Waals surface area (Å²) < 4.78 is 12.5. The summed E-state index contributed by atoms with van der Waals surface area (Å²) in [7, 11) is 3.23. The number of amides is 1. The maximum absolute atomic E-state index is 12.7. The molecule has 0 saturated carbocycles. The maximum atomic E-state index is 12.7. The molecule has 0 aliphatic rings. The number of rotatable bonds is 8. The predicted molar refractivity (Wildman–Crippen MR) is 144 cm³/mol. The van der Waals surface area contributed by atoms with Gasteiger partial charge in [0.25, 0.3) is 0 Å². The van der Waals surface area contributed by atoms with Crippen LogP contribution in [0.3, 0.4) is 0 Å². The first-order chi connectivity index (χ1) is 17.3. The van der Waals surface area contributed by atoms with E-state index >= 15 is 0 Å². The molecule has 0 radical (unpaired) electrons. The number of hydrogen-bond donors (Lipinski definition) is 1. The third-order valence-electron chi connectivity index (χ3n) is 5.66. The van der Waals surface area contributed by atoms with Gasteiger partial charge in [0.05, 0.1) is 20.0 Å². The molecule has 0 atom stereocenters. The number of carbonyl (C=O) groups excluding carboxylic acids is 1. The van der Waals surface area contributed by atoms with Crippen LogP contribution in [0.4, 0.5) is 5.69 Å². The number of ether oxygens (including phenoxy) is 2. The van der Waals surface area contributed by atoms with Gasteiger partial charge in [-0.25, -0.2) is 0 Å².